The zero-order valence-electron chi connectivity index (χ0n) is 15.9. The van der Waals surface area contributed by atoms with Gasteiger partial charge >= 0.3 is 5.97 Å². The normalized spacial score (nSPS) is 13.1. The molecule has 0 unspecified atom stereocenters. The summed E-state index contributed by atoms with van der Waals surface area (Å²) in [4.78, 5) is 25.0. The lowest BCUT2D eigenvalue weighted by atomic mass is 10.1. The monoisotopic (exact) mass is 401 g/mol. The number of benzene rings is 2. The maximum Gasteiger partial charge on any atom is 0.307 e. The van der Waals surface area contributed by atoms with Gasteiger partial charge in [-0.15, -0.1) is 11.8 Å². The van der Waals surface area contributed by atoms with Gasteiger partial charge in [-0.1, -0.05) is 23.8 Å². The van der Waals surface area contributed by atoms with Gasteiger partial charge in [-0.2, -0.15) is 0 Å². The van der Waals surface area contributed by atoms with Crippen LogP contribution >= 0.6 is 11.8 Å². The van der Waals surface area contributed by atoms with Crippen LogP contribution in [0.2, 0.25) is 0 Å². The van der Waals surface area contributed by atoms with E-state index in [2.05, 4.69) is 5.32 Å². The van der Waals surface area contributed by atoms with Crippen LogP contribution in [0.3, 0.4) is 0 Å². The van der Waals surface area contributed by atoms with E-state index < -0.39 is 0 Å². The van der Waals surface area contributed by atoms with Gasteiger partial charge in [0.25, 0.3) is 5.91 Å². The molecule has 0 aromatic heterocycles. The summed E-state index contributed by atoms with van der Waals surface area (Å²) in [5.41, 5.74) is 2.09. The molecule has 1 heterocycles. The highest BCUT2D eigenvalue weighted by atomic mass is 32.2. The highest BCUT2D eigenvalue weighted by molar-refractivity contribution is 7.99. The number of amides is 1. The van der Waals surface area contributed by atoms with Crippen LogP contribution in [0.25, 0.3) is 0 Å². The Hall–Kier alpha value is -2.67. The second-order valence-corrected chi connectivity index (χ2v) is 7.64. The third kappa shape index (κ3) is 5.66. The fourth-order valence-electron chi connectivity index (χ4n) is 2.65. The van der Waals surface area contributed by atoms with E-state index in [0.717, 1.165) is 10.5 Å². The summed E-state index contributed by atoms with van der Waals surface area (Å²) in [5.74, 6) is 1.24. The lowest BCUT2D eigenvalue weighted by molar-refractivity contribution is -0.148. The van der Waals surface area contributed by atoms with Gasteiger partial charge < -0.3 is 19.5 Å². The topological polar surface area (TPSA) is 73.9 Å². The van der Waals surface area contributed by atoms with Gasteiger partial charge in [0.05, 0.1) is 12.5 Å². The fourth-order valence-corrected chi connectivity index (χ4v) is 3.49. The summed E-state index contributed by atoms with van der Waals surface area (Å²) in [7, 11) is 0. The molecule has 0 saturated carbocycles. The molecule has 0 fully saturated rings. The molecule has 28 heavy (non-hydrogen) atoms. The molecule has 3 rings (SSSR count). The third-order valence-corrected chi connectivity index (χ3v) is 5.25. The predicted octanol–water partition coefficient (Wildman–Crippen LogP) is 3.63. The second-order valence-electron chi connectivity index (χ2n) is 6.47. The van der Waals surface area contributed by atoms with Crippen LogP contribution < -0.4 is 14.8 Å². The predicted molar refractivity (Wildman–Crippen MR) is 107 cm³/mol. The van der Waals surface area contributed by atoms with Crippen molar-refractivity contribution in [2.45, 2.75) is 31.2 Å². The van der Waals surface area contributed by atoms with E-state index in [1.54, 1.807) is 11.8 Å². The van der Waals surface area contributed by atoms with Crippen LogP contribution in [-0.2, 0) is 14.3 Å². The number of hydrogen-bond acceptors (Lipinski definition) is 6. The van der Waals surface area contributed by atoms with Crippen molar-refractivity contribution in [3.8, 4) is 11.5 Å². The molecule has 1 aliphatic heterocycles. The fraction of sp³-hybridized carbons (Fsp3) is 0.333. The lowest BCUT2D eigenvalue weighted by Gasteiger charge is -2.15. The van der Waals surface area contributed by atoms with Crippen molar-refractivity contribution in [2.75, 3.05) is 19.2 Å². The Balaban J connectivity index is 1.36. The SMILES string of the molecule is Cc1ccc(SCCC(=O)OCC(=O)N[C@@H](C)c2ccc3c(c2)OCO3)cc1. The quantitative estimate of drug-likeness (QED) is 0.538. The Bertz CT molecular complexity index is 837. The molecule has 2 aromatic rings. The molecule has 0 saturated heterocycles. The first-order valence-electron chi connectivity index (χ1n) is 9.05. The van der Waals surface area contributed by atoms with E-state index in [4.69, 9.17) is 14.2 Å². The van der Waals surface area contributed by atoms with Gasteiger partial charge in [0, 0.05) is 10.6 Å². The van der Waals surface area contributed by atoms with Gasteiger partial charge in [0.1, 0.15) is 0 Å². The summed E-state index contributed by atoms with van der Waals surface area (Å²) in [6, 6.07) is 13.4. The largest absolute Gasteiger partial charge is 0.456 e. The van der Waals surface area contributed by atoms with Crippen molar-refractivity contribution in [1.29, 1.82) is 0 Å². The Morgan fingerprint density at radius 2 is 1.89 bits per heavy atom. The third-order valence-electron chi connectivity index (χ3n) is 4.23. The second kappa shape index (κ2) is 9.50. The van der Waals surface area contributed by atoms with Gasteiger partial charge in [-0.25, -0.2) is 0 Å². The van der Waals surface area contributed by atoms with Gasteiger partial charge in [0.15, 0.2) is 18.1 Å². The molecular formula is C21H23NO5S. The van der Waals surface area contributed by atoms with Crippen molar-refractivity contribution in [3.05, 3.63) is 53.6 Å². The molecule has 6 nitrogen and oxygen atoms in total. The van der Waals surface area contributed by atoms with E-state index in [1.807, 2.05) is 56.3 Å². The van der Waals surface area contributed by atoms with E-state index in [0.29, 0.717) is 17.3 Å². The van der Waals surface area contributed by atoms with Crippen LogP contribution in [0.5, 0.6) is 11.5 Å². The van der Waals surface area contributed by atoms with E-state index in [1.165, 1.54) is 5.56 Å². The molecule has 7 heteroatoms. The van der Waals surface area contributed by atoms with Crippen molar-refractivity contribution in [1.82, 2.24) is 5.32 Å². The van der Waals surface area contributed by atoms with E-state index in [-0.39, 0.29) is 37.7 Å². The Morgan fingerprint density at radius 1 is 1.14 bits per heavy atom. The van der Waals surface area contributed by atoms with Gasteiger partial charge in [0.2, 0.25) is 6.79 Å². The maximum atomic E-state index is 12.0. The molecule has 0 spiro atoms. The average molecular weight is 401 g/mol. The standard InChI is InChI=1S/C21H23NO5S/c1-14-3-6-17(7-4-14)28-10-9-21(24)25-12-20(23)22-15(2)16-5-8-18-19(11-16)27-13-26-18/h3-8,11,15H,9-10,12-13H2,1-2H3,(H,22,23)/t15-/m0/s1. The highest BCUT2D eigenvalue weighted by Crippen LogP contribution is 2.34. The number of fused-ring (bicyclic) bond motifs is 1. The molecule has 1 aliphatic rings. The number of aryl methyl sites for hydroxylation is 1. The molecule has 0 aliphatic carbocycles. The van der Waals surface area contributed by atoms with Gasteiger partial charge in [-0.3, -0.25) is 9.59 Å². The van der Waals surface area contributed by atoms with Crippen LogP contribution in [0.1, 0.15) is 30.5 Å². The Labute approximate surface area is 168 Å². The molecule has 0 bridgehead atoms. The first kappa shape index (κ1) is 20.1. The van der Waals surface area contributed by atoms with Crippen LogP contribution in [0, 0.1) is 6.92 Å². The molecule has 1 amide bonds. The highest BCUT2D eigenvalue weighted by Gasteiger charge is 2.17. The van der Waals surface area contributed by atoms with Crippen molar-refractivity contribution in [3.63, 3.8) is 0 Å². The number of hydrogen-bond donors (Lipinski definition) is 1. The molecule has 0 radical (unpaired) electrons. The zero-order chi connectivity index (χ0) is 19.9. The van der Waals surface area contributed by atoms with E-state index in [9.17, 15) is 9.59 Å². The summed E-state index contributed by atoms with van der Waals surface area (Å²) >= 11 is 1.59. The number of nitrogens with one attached hydrogen (secondary N) is 1. The maximum absolute atomic E-state index is 12.0. The van der Waals surface area contributed by atoms with Crippen LogP contribution in [-0.4, -0.2) is 31.0 Å². The number of ether oxygens (including phenoxy) is 3. The van der Waals surface area contributed by atoms with Crippen molar-refractivity contribution < 1.29 is 23.8 Å². The van der Waals surface area contributed by atoms with Crippen molar-refractivity contribution >= 4 is 23.6 Å². The van der Waals surface area contributed by atoms with Crippen LogP contribution in [0.4, 0.5) is 0 Å². The Morgan fingerprint density at radius 3 is 2.68 bits per heavy atom. The van der Waals surface area contributed by atoms with Crippen molar-refractivity contribution in [2.24, 2.45) is 0 Å². The first-order valence-corrected chi connectivity index (χ1v) is 10.0. The molecule has 148 valence electrons. The molecule has 1 atom stereocenters. The molecular weight excluding hydrogens is 378 g/mol. The van der Waals surface area contributed by atoms with Gasteiger partial charge in [-0.05, 0) is 43.7 Å². The number of rotatable bonds is 8. The number of carbonyl (C=O) groups is 2. The summed E-state index contributed by atoms with van der Waals surface area (Å²) in [6.07, 6.45) is 0.254. The van der Waals surface area contributed by atoms with E-state index >= 15 is 0 Å². The zero-order valence-corrected chi connectivity index (χ0v) is 16.7. The minimum Gasteiger partial charge on any atom is -0.456 e. The summed E-state index contributed by atoms with van der Waals surface area (Å²) in [5, 5.41) is 2.81. The number of esters is 1. The summed E-state index contributed by atoms with van der Waals surface area (Å²) in [6.45, 7) is 3.81. The minimum atomic E-state index is -0.384. The minimum absolute atomic E-state index is 0.206. The number of thioether (sulfide) groups is 1. The summed E-state index contributed by atoms with van der Waals surface area (Å²) < 4.78 is 15.7. The lowest BCUT2D eigenvalue weighted by Crippen LogP contribution is -2.31. The van der Waals surface area contributed by atoms with Crippen LogP contribution in [0.15, 0.2) is 47.4 Å². The first-order chi connectivity index (χ1) is 13.5. The Kier molecular flexibility index (Phi) is 6.81. The average Bonchev–Trinajstić information content (AvgIpc) is 3.15. The number of carbonyl (C=O) groups excluding carboxylic acids is 2. The molecule has 2 aromatic carbocycles. The smallest absolute Gasteiger partial charge is 0.307 e. The molecule has 1 N–H and O–H groups in total.